The molecule has 2 heterocycles. The minimum absolute atomic E-state index is 0.405. The van der Waals surface area contributed by atoms with Gasteiger partial charge in [0.05, 0.1) is 6.10 Å². The minimum atomic E-state index is 0.405. The van der Waals surface area contributed by atoms with E-state index in [1.807, 2.05) is 7.05 Å². The van der Waals surface area contributed by atoms with E-state index in [9.17, 15) is 0 Å². The number of nitrogens with one attached hydrogen (secondary N) is 1. The summed E-state index contributed by atoms with van der Waals surface area (Å²) >= 11 is 1.67. The average Bonchev–Trinajstić information content (AvgIpc) is 3.04. The summed E-state index contributed by atoms with van der Waals surface area (Å²) in [4.78, 5) is 6.79. The fourth-order valence-corrected chi connectivity index (χ4v) is 3.98. The molecule has 1 aromatic heterocycles. The molecular formula is C19H36N6OS. The standard InChI is InChI=1S/C19H36N6OS/c1-6-26-16-9-12-24(13-10-16)18(20-4)21-11-7-8-17-22-23-19(27-5)25(17)14-15(2)3/h15-16H,6-14H2,1-5H3,(H,20,21). The second-order valence-electron chi connectivity index (χ2n) is 7.33. The molecule has 1 saturated heterocycles. The lowest BCUT2D eigenvalue weighted by atomic mass is 10.1. The average molecular weight is 397 g/mol. The number of likely N-dealkylation sites (tertiary alicyclic amines) is 1. The van der Waals surface area contributed by atoms with Gasteiger partial charge in [-0.05, 0) is 38.4 Å². The Kier molecular flexibility index (Phi) is 9.41. The van der Waals surface area contributed by atoms with Gasteiger partial charge >= 0.3 is 0 Å². The van der Waals surface area contributed by atoms with Crippen LogP contribution in [0.3, 0.4) is 0 Å². The van der Waals surface area contributed by atoms with Crippen molar-refractivity contribution in [3.8, 4) is 0 Å². The molecule has 154 valence electrons. The molecule has 27 heavy (non-hydrogen) atoms. The molecule has 0 atom stereocenters. The molecule has 0 aliphatic carbocycles. The molecule has 0 unspecified atom stereocenters. The van der Waals surface area contributed by atoms with E-state index in [1.54, 1.807) is 11.8 Å². The van der Waals surface area contributed by atoms with Crippen molar-refractivity contribution in [2.24, 2.45) is 10.9 Å². The van der Waals surface area contributed by atoms with Crippen LogP contribution in [0.4, 0.5) is 0 Å². The van der Waals surface area contributed by atoms with Crippen molar-refractivity contribution in [1.29, 1.82) is 0 Å². The lowest BCUT2D eigenvalue weighted by molar-refractivity contribution is 0.0264. The van der Waals surface area contributed by atoms with Crippen LogP contribution in [0.1, 0.15) is 45.9 Å². The number of hydrogen-bond acceptors (Lipinski definition) is 5. The van der Waals surface area contributed by atoms with E-state index in [0.29, 0.717) is 12.0 Å². The summed E-state index contributed by atoms with van der Waals surface area (Å²) in [6.07, 6.45) is 6.55. The zero-order chi connectivity index (χ0) is 19.6. The Bertz CT molecular complexity index is 581. The van der Waals surface area contributed by atoms with Gasteiger partial charge in [0.1, 0.15) is 5.82 Å². The van der Waals surface area contributed by atoms with Crippen molar-refractivity contribution < 1.29 is 4.74 Å². The van der Waals surface area contributed by atoms with Gasteiger partial charge < -0.3 is 19.5 Å². The Labute approximate surface area is 168 Å². The summed E-state index contributed by atoms with van der Waals surface area (Å²) in [5, 5.41) is 13.3. The Hall–Kier alpha value is -1.28. The van der Waals surface area contributed by atoms with E-state index in [4.69, 9.17) is 4.74 Å². The zero-order valence-electron chi connectivity index (χ0n) is 17.6. The normalized spacial score (nSPS) is 16.4. The first-order valence-corrected chi connectivity index (χ1v) is 11.3. The zero-order valence-corrected chi connectivity index (χ0v) is 18.4. The van der Waals surface area contributed by atoms with Crippen molar-refractivity contribution in [2.45, 2.75) is 64.3 Å². The quantitative estimate of drug-likeness (QED) is 0.300. The molecular weight excluding hydrogens is 360 g/mol. The number of nitrogens with zero attached hydrogens (tertiary/aromatic N) is 5. The van der Waals surface area contributed by atoms with E-state index >= 15 is 0 Å². The topological polar surface area (TPSA) is 67.6 Å². The molecule has 8 heteroatoms. The van der Waals surface area contributed by atoms with Gasteiger partial charge in [0, 0.05) is 46.3 Å². The smallest absolute Gasteiger partial charge is 0.193 e. The molecule has 7 nitrogen and oxygen atoms in total. The highest BCUT2D eigenvalue weighted by Crippen LogP contribution is 2.17. The first-order chi connectivity index (χ1) is 13.1. The third-order valence-corrected chi connectivity index (χ3v) is 5.41. The Morgan fingerprint density at radius 1 is 1.33 bits per heavy atom. The number of hydrogen-bond donors (Lipinski definition) is 1. The van der Waals surface area contributed by atoms with Gasteiger partial charge in [0.2, 0.25) is 0 Å². The fourth-order valence-electron chi connectivity index (χ4n) is 3.45. The minimum Gasteiger partial charge on any atom is -0.378 e. The molecule has 1 fully saturated rings. The maximum absolute atomic E-state index is 5.74. The van der Waals surface area contributed by atoms with E-state index in [2.05, 4.69) is 57.0 Å². The summed E-state index contributed by atoms with van der Waals surface area (Å²) in [5.74, 6) is 2.67. The number of thioether (sulfide) groups is 1. The van der Waals surface area contributed by atoms with Crippen LogP contribution in [0, 0.1) is 5.92 Å². The predicted molar refractivity (Wildman–Crippen MR) is 113 cm³/mol. The van der Waals surface area contributed by atoms with E-state index in [0.717, 1.165) is 75.4 Å². The monoisotopic (exact) mass is 396 g/mol. The van der Waals surface area contributed by atoms with Crippen molar-refractivity contribution >= 4 is 17.7 Å². The molecule has 0 bridgehead atoms. The third kappa shape index (κ3) is 6.68. The maximum atomic E-state index is 5.74. The number of aryl methyl sites for hydroxylation is 1. The Morgan fingerprint density at radius 2 is 2.07 bits per heavy atom. The van der Waals surface area contributed by atoms with Crippen LogP contribution in [-0.2, 0) is 17.7 Å². The van der Waals surface area contributed by atoms with Gasteiger partial charge in [-0.1, -0.05) is 25.6 Å². The van der Waals surface area contributed by atoms with Crippen molar-refractivity contribution in [3.63, 3.8) is 0 Å². The number of rotatable bonds is 9. The lowest BCUT2D eigenvalue weighted by Crippen LogP contribution is -2.47. The first kappa shape index (κ1) is 22.0. The molecule has 2 rings (SSSR count). The van der Waals surface area contributed by atoms with Gasteiger partial charge in [-0.2, -0.15) is 0 Å². The number of aromatic nitrogens is 3. The van der Waals surface area contributed by atoms with Gasteiger partial charge in [-0.25, -0.2) is 0 Å². The number of aliphatic imine (C=N–C) groups is 1. The maximum Gasteiger partial charge on any atom is 0.193 e. The van der Waals surface area contributed by atoms with Crippen LogP contribution in [0.25, 0.3) is 0 Å². The molecule has 0 aromatic carbocycles. The SMILES string of the molecule is CCOC1CCN(C(=NC)NCCCc2nnc(SC)n2CC(C)C)CC1. The Balaban J connectivity index is 1.78. The third-order valence-electron chi connectivity index (χ3n) is 4.74. The van der Waals surface area contributed by atoms with Crippen LogP contribution in [0.2, 0.25) is 0 Å². The number of ether oxygens (including phenoxy) is 1. The molecule has 0 amide bonds. The molecule has 1 aliphatic rings. The molecule has 1 aliphatic heterocycles. The first-order valence-electron chi connectivity index (χ1n) is 10.1. The van der Waals surface area contributed by atoms with Gasteiger partial charge in [-0.3, -0.25) is 4.99 Å². The van der Waals surface area contributed by atoms with E-state index in [1.165, 1.54) is 0 Å². The highest BCUT2D eigenvalue weighted by Gasteiger charge is 2.21. The van der Waals surface area contributed by atoms with Gasteiger partial charge in [-0.15, -0.1) is 10.2 Å². The van der Waals surface area contributed by atoms with Crippen LogP contribution >= 0.6 is 11.8 Å². The highest BCUT2D eigenvalue weighted by molar-refractivity contribution is 7.98. The molecule has 1 N–H and O–H groups in total. The van der Waals surface area contributed by atoms with Gasteiger partial charge in [0.15, 0.2) is 11.1 Å². The van der Waals surface area contributed by atoms with Crippen LogP contribution in [0.15, 0.2) is 10.1 Å². The summed E-state index contributed by atoms with van der Waals surface area (Å²) in [7, 11) is 1.86. The molecule has 0 spiro atoms. The molecule has 0 saturated carbocycles. The second kappa shape index (κ2) is 11.5. The highest BCUT2D eigenvalue weighted by atomic mass is 32.2. The van der Waals surface area contributed by atoms with Crippen molar-refractivity contribution in [3.05, 3.63) is 5.82 Å². The molecule has 1 aromatic rings. The van der Waals surface area contributed by atoms with Crippen LogP contribution in [0.5, 0.6) is 0 Å². The largest absolute Gasteiger partial charge is 0.378 e. The second-order valence-corrected chi connectivity index (χ2v) is 8.10. The van der Waals surface area contributed by atoms with Crippen molar-refractivity contribution in [2.75, 3.05) is 39.5 Å². The number of piperidine rings is 1. The van der Waals surface area contributed by atoms with Crippen molar-refractivity contribution in [1.82, 2.24) is 25.0 Å². The Morgan fingerprint density at radius 3 is 2.67 bits per heavy atom. The fraction of sp³-hybridized carbons (Fsp3) is 0.842. The molecule has 0 radical (unpaired) electrons. The predicted octanol–water partition coefficient (Wildman–Crippen LogP) is 2.66. The van der Waals surface area contributed by atoms with Crippen LogP contribution < -0.4 is 5.32 Å². The van der Waals surface area contributed by atoms with Gasteiger partial charge in [0.25, 0.3) is 0 Å². The van der Waals surface area contributed by atoms with E-state index in [-0.39, 0.29) is 0 Å². The van der Waals surface area contributed by atoms with E-state index < -0.39 is 0 Å². The lowest BCUT2D eigenvalue weighted by Gasteiger charge is -2.34. The summed E-state index contributed by atoms with van der Waals surface area (Å²) in [6.45, 7) is 11.2. The van der Waals surface area contributed by atoms with Crippen LogP contribution in [-0.4, -0.2) is 71.3 Å². The number of guanidine groups is 1. The summed E-state index contributed by atoms with van der Waals surface area (Å²) < 4.78 is 8.00. The summed E-state index contributed by atoms with van der Waals surface area (Å²) in [5.41, 5.74) is 0. The summed E-state index contributed by atoms with van der Waals surface area (Å²) in [6, 6.07) is 0.